The molecule has 80 valence electrons. The molecule has 0 aliphatic carbocycles. The third-order valence-electron chi connectivity index (χ3n) is 2.54. The summed E-state index contributed by atoms with van der Waals surface area (Å²) in [4.78, 5) is 3.06. The summed E-state index contributed by atoms with van der Waals surface area (Å²) in [7, 11) is 0. The lowest BCUT2D eigenvalue weighted by Crippen LogP contribution is -2.35. The number of rotatable bonds is 2. The Bertz CT molecular complexity index is 409. The van der Waals surface area contributed by atoms with E-state index in [-0.39, 0.29) is 5.48 Å². The van der Waals surface area contributed by atoms with Crippen molar-refractivity contribution in [3.05, 3.63) is 54.1 Å². The molecular formula is C12H16N2O. The summed E-state index contributed by atoms with van der Waals surface area (Å²) in [6, 6.07) is 9.01. The van der Waals surface area contributed by atoms with Gasteiger partial charge in [-0.05, 0) is 19.4 Å². The van der Waals surface area contributed by atoms with Crippen molar-refractivity contribution in [1.82, 2.24) is 4.98 Å². The average Bonchev–Trinajstić information content (AvgIpc) is 2.69. The molecule has 0 radical (unpaired) electrons. The van der Waals surface area contributed by atoms with E-state index in [1.54, 1.807) is 0 Å². The van der Waals surface area contributed by atoms with Gasteiger partial charge < -0.3 is 5.48 Å². The minimum atomic E-state index is 0. The Balaban J connectivity index is 0.00000112. The highest BCUT2D eigenvalue weighted by Crippen LogP contribution is 2.12. The molecule has 0 saturated heterocycles. The van der Waals surface area contributed by atoms with E-state index in [2.05, 4.69) is 47.7 Å². The van der Waals surface area contributed by atoms with E-state index in [4.69, 9.17) is 0 Å². The maximum Gasteiger partial charge on any atom is 0.242 e. The SMILES string of the molecule is Cc1cccc(C(C)[n+]2cc[nH]c2)c1.[OH-]. The fourth-order valence-electron chi connectivity index (χ4n) is 1.64. The summed E-state index contributed by atoms with van der Waals surface area (Å²) in [5.74, 6) is 0. The summed E-state index contributed by atoms with van der Waals surface area (Å²) in [5, 5.41) is 0. The zero-order valence-electron chi connectivity index (χ0n) is 9.01. The summed E-state index contributed by atoms with van der Waals surface area (Å²) in [6.45, 7) is 4.32. The molecule has 1 atom stereocenters. The van der Waals surface area contributed by atoms with E-state index < -0.39 is 0 Å². The van der Waals surface area contributed by atoms with Gasteiger partial charge in [-0.1, -0.05) is 29.8 Å². The van der Waals surface area contributed by atoms with E-state index in [0.717, 1.165) is 0 Å². The number of benzene rings is 1. The molecular weight excluding hydrogens is 188 g/mol. The highest BCUT2D eigenvalue weighted by atomic mass is 16.0. The second kappa shape index (κ2) is 4.75. The third-order valence-corrected chi connectivity index (χ3v) is 2.54. The summed E-state index contributed by atoms with van der Waals surface area (Å²) in [5.41, 5.74) is 2.65. The molecule has 3 heteroatoms. The van der Waals surface area contributed by atoms with Crippen LogP contribution >= 0.6 is 0 Å². The van der Waals surface area contributed by atoms with Crippen molar-refractivity contribution in [2.24, 2.45) is 0 Å². The number of aromatic amines is 1. The average molecular weight is 204 g/mol. The van der Waals surface area contributed by atoms with E-state index in [1.165, 1.54) is 11.1 Å². The van der Waals surface area contributed by atoms with Gasteiger partial charge >= 0.3 is 0 Å². The van der Waals surface area contributed by atoms with E-state index in [0.29, 0.717) is 6.04 Å². The van der Waals surface area contributed by atoms with Crippen molar-refractivity contribution in [3.63, 3.8) is 0 Å². The standard InChI is InChI=1S/C12H14N2.H2O/c1-10-4-3-5-12(8-10)11(2)14-7-6-13-9-14;/h3-9,11H,1-2H3;1H2. The molecule has 15 heavy (non-hydrogen) atoms. The lowest BCUT2D eigenvalue weighted by molar-refractivity contribution is -0.709. The second-order valence-corrected chi connectivity index (χ2v) is 3.65. The smallest absolute Gasteiger partial charge is 0.242 e. The number of aryl methyl sites for hydroxylation is 1. The lowest BCUT2D eigenvalue weighted by Gasteiger charge is -2.08. The lowest BCUT2D eigenvalue weighted by atomic mass is 10.1. The van der Waals surface area contributed by atoms with Crippen molar-refractivity contribution in [3.8, 4) is 0 Å². The molecule has 0 bridgehead atoms. The van der Waals surface area contributed by atoms with Gasteiger partial charge in [0.25, 0.3) is 0 Å². The van der Waals surface area contributed by atoms with Crippen LogP contribution in [-0.2, 0) is 0 Å². The van der Waals surface area contributed by atoms with Crippen LogP contribution in [0.4, 0.5) is 0 Å². The van der Waals surface area contributed by atoms with Crippen LogP contribution in [0.5, 0.6) is 0 Å². The Morgan fingerprint density at radius 3 is 2.73 bits per heavy atom. The maximum absolute atomic E-state index is 3.06. The number of nitrogens with one attached hydrogen (secondary N) is 1. The van der Waals surface area contributed by atoms with Crippen LogP contribution in [0.15, 0.2) is 43.0 Å². The fraction of sp³-hybridized carbons (Fsp3) is 0.250. The van der Waals surface area contributed by atoms with E-state index in [1.807, 2.05) is 18.7 Å². The van der Waals surface area contributed by atoms with Gasteiger partial charge in [0.2, 0.25) is 6.33 Å². The fourth-order valence-corrected chi connectivity index (χ4v) is 1.64. The Hall–Kier alpha value is -1.61. The molecule has 0 spiro atoms. The predicted molar refractivity (Wildman–Crippen MR) is 57.9 cm³/mol. The molecule has 0 amide bonds. The number of hydrogen-bond donors (Lipinski definition) is 1. The minimum absolute atomic E-state index is 0. The van der Waals surface area contributed by atoms with Gasteiger partial charge in [-0.15, -0.1) is 0 Å². The summed E-state index contributed by atoms with van der Waals surface area (Å²) >= 11 is 0. The van der Waals surface area contributed by atoms with Crippen molar-refractivity contribution in [2.45, 2.75) is 19.9 Å². The Kier molecular flexibility index (Phi) is 3.63. The number of imidazole rings is 1. The minimum Gasteiger partial charge on any atom is -0.870 e. The van der Waals surface area contributed by atoms with Crippen molar-refractivity contribution in [2.75, 3.05) is 0 Å². The van der Waals surface area contributed by atoms with Crippen LogP contribution in [-0.4, -0.2) is 10.5 Å². The third kappa shape index (κ3) is 2.44. The first-order chi connectivity index (χ1) is 6.77. The monoisotopic (exact) mass is 204 g/mol. The van der Waals surface area contributed by atoms with Gasteiger partial charge in [-0.2, -0.15) is 0 Å². The quantitative estimate of drug-likeness (QED) is 0.748. The number of nitrogens with zero attached hydrogens (tertiary/aromatic N) is 1. The molecule has 2 aromatic rings. The maximum atomic E-state index is 3.06. The number of hydrogen-bond acceptors (Lipinski definition) is 1. The molecule has 0 aliphatic rings. The zero-order valence-corrected chi connectivity index (χ0v) is 9.01. The molecule has 0 aliphatic heterocycles. The topological polar surface area (TPSA) is 49.7 Å². The van der Waals surface area contributed by atoms with Gasteiger partial charge in [0.15, 0.2) is 0 Å². The molecule has 2 N–H and O–H groups in total. The van der Waals surface area contributed by atoms with Gasteiger partial charge in [0, 0.05) is 0 Å². The summed E-state index contributed by atoms with van der Waals surface area (Å²) in [6.07, 6.45) is 5.96. The molecule has 1 heterocycles. The van der Waals surface area contributed by atoms with Crippen LogP contribution in [0.3, 0.4) is 0 Å². The highest BCUT2D eigenvalue weighted by Gasteiger charge is 2.11. The van der Waals surface area contributed by atoms with Crippen molar-refractivity contribution >= 4 is 0 Å². The molecule has 1 aromatic carbocycles. The summed E-state index contributed by atoms with van der Waals surface area (Å²) < 4.78 is 2.16. The van der Waals surface area contributed by atoms with Crippen LogP contribution < -0.4 is 4.57 Å². The predicted octanol–water partition coefficient (Wildman–Crippen LogP) is 2.04. The second-order valence-electron chi connectivity index (χ2n) is 3.65. The molecule has 3 nitrogen and oxygen atoms in total. The van der Waals surface area contributed by atoms with Crippen molar-refractivity contribution in [1.29, 1.82) is 0 Å². The van der Waals surface area contributed by atoms with Crippen LogP contribution in [0.2, 0.25) is 0 Å². The van der Waals surface area contributed by atoms with Crippen LogP contribution in [0.25, 0.3) is 0 Å². The first kappa shape index (κ1) is 11.5. The van der Waals surface area contributed by atoms with Crippen LogP contribution in [0.1, 0.15) is 24.1 Å². The Morgan fingerprint density at radius 1 is 1.33 bits per heavy atom. The van der Waals surface area contributed by atoms with Crippen molar-refractivity contribution < 1.29 is 10.0 Å². The highest BCUT2D eigenvalue weighted by molar-refractivity contribution is 5.23. The van der Waals surface area contributed by atoms with Gasteiger partial charge in [-0.25, -0.2) is 4.57 Å². The van der Waals surface area contributed by atoms with Gasteiger partial charge in [0.1, 0.15) is 18.4 Å². The van der Waals surface area contributed by atoms with E-state index >= 15 is 0 Å². The largest absolute Gasteiger partial charge is 0.870 e. The first-order valence-electron chi connectivity index (χ1n) is 4.87. The Morgan fingerprint density at radius 2 is 2.13 bits per heavy atom. The molecule has 0 fully saturated rings. The zero-order chi connectivity index (χ0) is 9.97. The Labute approximate surface area is 89.7 Å². The molecule has 0 saturated carbocycles. The molecule has 1 aromatic heterocycles. The van der Waals surface area contributed by atoms with Gasteiger partial charge in [0.05, 0.1) is 0 Å². The first-order valence-corrected chi connectivity index (χ1v) is 4.87. The van der Waals surface area contributed by atoms with Crippen LogP contribution in [0, 0.1) is 6.92 Å². The normalized spacial score (nSPS) is 11.9. The molecule has 1 unspecified atom stereocenters. The van der Waals surface area contributed by atoms with E-state index in [9.17, 15) is 0 Å². The number of H-pyrrole nitrogens is 1. The number of aromatic nitrogens is 2. The van der Waals surface area contributed by atoms with Gasteiger partial charge in [-0.3, -0.25) is 4.98 Å². The molecule has 2 rings (SSSR count).